The number of benzene rings is 1. The summed E-state index contributed by atoms with van der Waals surface area (Å²) in [4.78, 5) is 2.34. The Balaban J connectivity index is 1.84. The lowest BCUT2D eigenvalue weighted by molar-refractivity contribution is 0.117. The van der Waals surface area contributed by atoms with E-state index < -0.39 is 5.60 Å². The van der Waals surface area contributed by atoms with Crippen LogP contribution in [0.1, 0.15) is 30.6 Å². The van der Waals surface area contributed by atoms with Gasteiger partial charge in [0.05, 0.1) is 12.8 Å². The Hall–Kier alpha value is -2.02. The first-order chi connectivity index (χ1) is 10.8. The molecule has 0 aliphatic carbocycles. The average Bonchev–Trinajstić information content (AvgIpc) is 3.12. The molecular weight excluding hydrogens is 274 g/mol. The summed E-state index contributed by atoms with van der Waals surface area (Å²) in [6, 6.07) is 13.0. The predicted octanol–water partition coefficient (Wildman–Crippen LogP) is 3.00. The normalized spacial score (nSPS) is 18.2. The minimum absolute atomic E-state index is 0.463. The quantitative estimate of drug-likeness (QED) is 0.884. The van der Waals surface area contributed by atoms with Gasteiger partial charge in [0.15, 0.2) is 5.76 Å². The van der Waals surface area contributed by atoms with Gasteiger partial charge in [-0.15, -0.1) is 0 Å². The maximum atomic E-state index is 11.1. The lowest BCUT2D eigenvalue weighted by Crippen LogP contribution is -2.30. The van der Waals surface area contributed by atoms with Gasteiger partial charge in [0, 0.05) is 5.56 Å². The molecule has 0 amide bonds. The zero-order valence-electron chi connectivity index (χ0n) is 12.7. The van der Waals surface area contributed by atoms with E-state index in [1.165, 1.54) is 19.3 Å². The van der Waals surface area contributed by atoms with Crippen LogP contribution in [-0.2, 0) is 5.60 Å². The van der Waals surface area contributed by atoms with E-state index in [-0.39, 0.29) is 0 Å². The molecule has 1 aromatic heterocycles. The number of piperidine rings is 1. The number of nitrogens with zero attached hydrogens (tertiary/aromatic N) is 1. The minimum Gasteiger partial charge on any atom is -0.465 e. The summed E-state index contributed by atoms with van der Waals surface area (Å²) in [5.74, 6) is 6.64. The molecule has 1 aliphatic rings. The number of aliphatic hydroxyl groups is 1. The second-order valence-electron chi connectivity index (χ2n) is 5.69. The third-order valence-corrected chi connectivity index (χ3v) is 4.09. The summed E-state index contributed by atoms with van der Waals surface area (Å²) in [6.45, 7) is 2.88. The lowest BCUT2D eigenvalue weighted by atomic mass is 9.92. The van der Waals surface area contributed by atoms with Gasteiger partial charge in [0.2, 0.25) is 5.60 Å². The number of furan rings is 1. The second kappa shape index (κ2) is 6.83. The van der Waals surface area contributed by atoms with E-state index in [4.69, 9.17) is 4.42 Å². The van der Waals surface area contributed by atoms with Gasteiger partial charge in [0.1, 0.15) is 0 Å². The molecule has 0 radical (unpaired) electrons. The third kappa shape index (κ3) is 3.24. The molecular formula is C19H21NO2. The van der Waals surface area contributed by atoms with Crippen LogP contribution in [0.5, 0.6) is 0 Å². The fourth-order valence-corrected chi connectivity index (χ4v) is 2.84. The van der Waals surface area contributed by atoms with Gasteiger partial charge in [-0.05, 0) is 38.1 Å². The van der Waals surface area contributed by atoms with Crippen molar-refractivity contribution in [1.29, 1.82) is 0 Å². The van der Waals surface area contributed by atoms with Crippen LogP contribution in [0.3, 0.4) is 0 Å². The smallest absolute Gasteiger partial charge is 0.209 e. The van der Waals surface area contributed by atoms with E-state index in [0.717, 1.165) is 18.7 Å². The van der Waals surface area contributed by atoms with E-state index in [0.29, 0.717) is 12.3 Å². The molecule has 1 atom stereocenters. The van der Waals surface area contributed by atoms with E-state index in [1.807, 2.05) is 30.3 Å². The number of likely N-dealkylation sites (tertiary alicyclic amines) is 1. The molecule has 0 spiro atoms. The van der Waals surface area contributed by atoms with Gasteiger partial charge in [0.25, 0.3) is 0 Å². The molecule has 1 unspecified atom stereocenters. The van der Waals surface area contributed by atoms with Crippen molar-refractivity contribution in [3.8, 4) is 11.8 Å². The van der Waals surface area contributed by atoms with Crippen LogP contribution in [-0.4, -0.2) is 29.6 Å². The average molecular weight is 295 g/mol. The Morgan fingerprint density at radius 2 is 1.82 bits per heavy atom. The first-order valence-electron chi connectivity index (χ1n) is 7.83. The molecule has 0 bridgehead atoms. The summed E-state index contributed by atoms with van der Waals surface area (Å²) in [6.07, 6.45) is 5.35. The molecule has 2 heterocycles. The molecule has 3 heteroatoms. The number of hydrogen-bond acceptors (Lipinski definition) is 3. The van der Waals surface area contributed by atoms with E-state index in [9.17, 15) is 5.11 Å². The van der Waals surface area contributed by atoms with Crippen LogP contribution < -0.4 is 0 Å². The highest BCUT2D eigenvalue weighted by atomic mass is 16.4. The van der Waals surface area contributed by atoms with Crippen LogP contribution in [0.4, 0.5) is 0 Å². The van der Waals surface area contributed by atoms with Crippen molar-refractivity contribution >= 4 is 0 Å². The monoisotopic (exact) mass is 295 g/mol. The highest BCUT2D eigenvalue weighted by Gasteiger charge is 2.32. The Morgan fingerprint density at radius 3 is 2.50 bits per heavy atom. The lowest BCUT2D eigenvalue weighted by Gasteiger charge is -2.24. The van der Waals surface area contributed by atoms with Gasteiger partial charge in [-0.1, -0.05) is 48.6 Å². The summed E-state index contributed by atoms with van der Waals surface area (Å²) in [5.41, 5.74) is -0.656. The molecule has 2 aromatic rings. The van der Waals surface area contributed by atoms with E-state index >= 15 is 0 Å². The fourth-order valence-electron chi connectivity index (χ4n) is 2.84. The van der Waals surface area contributed by atoms with Crippen LogP contribution in [0.2, 0.25) is 0 Å². The van der Waals surface area contributed by atoms with Crippen molar-refractivity contribution in [2.24, 2.45) is 0 Å². The van der Waals surface area contributed by atoms with Gasteiger partial charge in [-0.3, -0.25) is 4.90 Å². The van der Waals surface area contributed by atoms with Crippen LogP contribution >= 0.6 is 0 Å². The standard InChI is InChI=1S/C19H21NO2/c21-19(18-11-7-16-22-18,17-9-3-1-4-10-17)12-8-15-20-13-5-2-6-14-20/h1,3-4,7,9-11,16,21H,2,5-6,13-15H2. The summed E-state index contributed by atoms with van der Waals surface area (Å²) in [7, 11) is 0. The Bertz CT molecular complexity index is 633. The topological polar surface area (TPSA) is 36.6 Å². The molecule has 0 saturated carbocycles. The van der Waals surface area contributed by atoms with Crippen molar-refractivity contribution in [3.05, 3.63) is 60.1 Å². The zero-order chi connectivity index (χ0) is 15.3. The highest BCUT2D eigenvalue weighted by Crippen LogP contribution is 2.29. The van der Waals surface area contributed by atoms with E-state index in [1.54, 1.807) is 18.4 Å². The SMILES string of the molecule is OC(C#CCN1CCCCC1)(c1ccccc1)c1ccco1. The molecule has 3 nitrogen and oxygen atoms in total. The molecule has 1 fully saturated rings. The second-order valence-corrected chi connectivity index (χ2v) is 5.69. The molecule has 114 valence electrons. The summed E-state index contributed by atoms with van der Waals surface area (Å²) in [5, 5.41) is 11.1. The van der Waals surface area contributed by atoms with Gasteiger partial charge < -0.3 is 9.52 Å². The van der Waals surface area contributed by atoms with Gasteiger partial charge in [-0.25, -0.2) is 0 Å². The van der Waals surface area contributed by atoms with Crippen molar-refractivity contribution in [2.45, 2.75) is 24.9 Å². The van der Waals surface area contributed by atoms with Crippen LogP contribution in [0.15, 0.2) is 53.1 Å². The zero-order valence-corrected chi connectivity index (χ0v) is 12.7. The van der Waals surface area contributed by atoms with Crippen LogP contribution in [0, 0.1) is 11.8 Å². The van der Waals surface area contributed by atoms with Crippen molar-refractivity contribution < 1.29 is 9.52 Å². The largest absolute Gasteiger partial charge is 0.465 e. The van der Waals surface area contributed by atoms with E-state index in [2.05, 4.69) is 16.7 Å². The Morgan fingerprint density at radius 1 is 1.05 bits per heavy atom. The first-order valence-corrected chi connectivity index (χ1v) is 7.83. The summed E-state index contributed by atoms with van der Waals surface area (Å²) >= 11 is 0. The minimum atomic E-state index is -1.39. The van der Waals surface area contributed by atoms with Crippen molar-refractivity contribution in [2.75, 3.05) is 19.6 Å². The molecule has 1 saturated heterocycles. The maximum Gasteiger partial charge on any atom is 0.209 e. The molecule has 1 aromatic carbocycles. The fraction of sp³-hybridized carbons (Fsp3) is 0.368. The van der Waals surface area contributed by atoms with Crippen molar-refractivity contribution in [3.63, 3.8) is 0 Å². The number of rotatable bonds is 3. The maximum absolute atomic E-state index is 11.1. The molecule has 1 aliphatic heterocycles. The predicted molar refractivity (Wildman–Crippen MR) is 86.2 cm³/mol. The Labute approximate surface area is 131 Å². The Kier molecular flexibility index (Phi) is 4.62. The molecule has 3 rings (SSSR count). The molecule has 22 heavy (non-hydrogen) atoms. The molecule has 1 N–H and O–H groups in total. The third-order valence-electron chi connectivity index (χ3n) is 4.09. The highest BCUT2D eigenvalue weighted by molar-refractivity contribution is 5.40. The first kappa shape index (κ1) is 14.9. The van der Waals surface area contributed by atoms with Crippen LogP contribution in [0.25, 0.3) is 0 Å². The summed E-state index contributed by atoms with van der Waals surface area (Å²) < 4.78 is 5.43. The number of hydrogen-bond donors (Lipinski definition) is 1. The van der Waals surface area contributed by atoms with Gasteiger partial charge in [-0.2, -0.15) is 0 Å². The van der Waals surface area contributed by atoms with Crippen molar-refractivity contribution in [1.82, 2.24) is 4.90 Å². The van der Waals surface area contributed by atoms with Gasteiger partial charge >= 0.3 is 0 Å².